The molecule has 1 aliphatic rings. The molecule has 0 fully saturated rings. The molecule has 0 N–H and O–H groups in total. The van der Waals surface area contributed by atoms with E-state index in [9.17, 15) is 0 Å². The van der Waals surface area contributed by atoms with Gasteiger partial charge in [-0.3, -0.25) is 0 Å². The Balaban J connectivity index is 2.55. The summed E-state index contributed by atoms with van der Waals surface area (Å²) in [5.74, 6) is 0. The topological polar surface area (TPSA) is 3.24 Å². The quantitative estimate of drug-likeness (QED) is 0.736. The second kappa shape index (κ2) is 4.88. The predicted octanol–water partition coefficient (Wildman–Crippen LogP) is 3.82. The Morgan fingerprint density at radius 1 is 1.12 bits per heavy atom. The van der Waals surface area contributed by atoms with Crippen LogP contribution in [0.25, 0.3) is 6.08 Å². The number of anilines is 1. The molecule has 1 aromatic carbocycles. The number of hydrogen-bond acceptors (Lipinski definition) is 1. The predicted molar refractivity (Wildman–Crippen MR) is 76.2 cm³/mol. The van der Waals surface area contributed by atoms with E-state index in [0.717, 1.165) is 12.1 Å². The molecule has 1 nitrogen and oxygen atoms in total. The van der Waals surface area contributed by atoms with Crippen molar-refractivity contribution in [3.63, 3.8) is 0 Å². The normalized spacial score (nSPS) is 21.1. The van der Waals surface area contributed by atoms with Crippen LogP contribution in [0.3, 0.4) is 0 Å². The summed E-state index contributed by atoms with van der Waals surface area (Å²) in [6, 6.07) is 8.39. The molecule has 1 heteroatoms. The number of hydrogen-bond donors (Lipinski definition) is 0. The average molecular weight is 223 g/mol. The van der Waals surface area contributed by atoms with Crippen LogP contribution in [0.2, 0.25) is 0 Å². The molecule has 0 aliphatic carbocycles. The third-order valence-electron chi connectivity index (χ3n) is 3.04. The van der Waals surface area contributed by atoms with Crippen LogP contribution in [-0.2, 0) is 0 Å². The van der Waals surface area contributed by atoms with Crippen molar-refractivity contribution in [2.24, 2.45) is 0 Å². The lowest BCUT2D eigenvalue weighted by atomic mass is 10.0. The Hall–Kier alpha value is -2.02. The van der Waals surface area contributed by atoms with Crippen molar-refractivity contribution in [1.82, 2.24) is 0 Å². The SMILES string of the molecule is C=CC1=C(\C=C)CN(C)c2ccccc2/C=C\1. The zero-order valence-corrected chi connectivity index (χ0v) is 10.2. The largest absolute Gasteiger partial charge is 0.370 e. The molecule has 0 amide bonds. The van der Waals surface area contributed by atoms with Crippen LogP contribution in [0.15, 0.2) is 66.8 Å². The Kier molecular flexibility index (Phi) is 3.29. The van der Waals surface area contributed by atoms with Crippen LogP contribution < -0.4 is 4.90 Å². The fourth-order valence-corrected chi connectivity index (χ4v) is 2.08. The van der Waals surface area contributed by atoms with Gasteiger partial charge in [0.15, 0.2) is 0 Å². The molecule has 1 heterocycles. The Morgan fingerprint density at radius 3 is 2.59 bits per heavy atom. The fourth-order valence-electron chi connectivity index (χ4n) is 2.08. The number of allylic oxidation sites excluding steroid dienone is 3. The minimum absolute atomic E-state index is 0.853. The molecule has 86 valence electrons. The third-order valence-corrected chi connectivity index (χ3v) is 3.04. The smallest absolute Gasteiger partial charge is 0.0440 e. The van der Waals surface area contributed by atoms with Gasteiger partial charge in [0.1, 0.15) is 0 Å². The highest BCUT2D eigenvalue weighted by Crippen LogP contribution is 2.25. The Labute approximate surface area is 103 Å². The van der Waals surface area contributed by atoms with E-state index in [0.29, 0.717) is 0 Å². The van der Waals surface area contributed by atoms with Crippen LogP contribution in [0.5, 0.6) is 0 Å². The van der Waals surface area contributed by atoms with Gasteiger partial charge in [0.25, 0.3) is 0 Å². The highest BCUT2D eigenvalue weighted by atomic mass is 15.1. The van der Waals surface area contributed by atoms with Crippen LogP contribution in [-0.4, -0.2) is 13.6 Å². The molecule has 0 spiro atoms. The van der Waals surface area contributed by atoms with Crippen molar-refractivity contribution in [2.45, 2.75) is 0 Å². The summed E-state index contributed by atoms with van der Waals surface area (Å²) < 4.78 is 0. The van der Waals surface area contributed by atoms with E-state index >= 15 is 0 Å². The molecule has 0 unspecified atom stereocenters. The number of likely N-dealkylation sites (N-methyl/N-ethyl adjacent to an activating group) is 1. The van der Waals surface area contributed by atoms with E-state index in [1.165, 1.54) is 16.8 Å². The van der Waals surface area contributed by atoms with E-state index in [-0.39, 0.29) is 0 Å². The van der Waals surface area contributed by atoms with E-state index in [4.69, 9.17) is 0 Å². The van der Waals surface area contributed by atoms with Gasteiger partial charge >= 0.3 is 0 Å². The number of para-hydroxylation sites is 1. The molecule has 0 saturated heterocycles. The van der Waals surface area contributed by atoms with Gasteiger partial charge in [-0.05, 0) is 22.8 Å². The van der Waals surface area contributed by atoms with Crippen LogP contribution in [0.1, 0.15) is 5.56 Å². The van der Waals surface area contributed by atoms with E-state index in [2.05, 4.69) is 61.5 Å². The van der Waals surface area contributed by atoms with Crippen molar-refractivity contribution < 1.29 is 0 Å². The summed E-state index contributed by atoms with van der Waals surface area (Å²) in [6.07, 6.45) is 8.03. The standard InChI is InChI=1S/C16H17N/c1-4-13-10-11-15-8-6-7-9-16(15)17(3)12-14(13)5-2/h4-11H,1-2,12H2,3H3/b11-10-,14-13-. The minimum Gasteiger partial charge on any atom is -0.370 e. The molecular weight excluding hydrogens is 206 g/mol. The van der Waals surface area contributed by atoms with Gasteiger partial charge in [0.2, 0.25) is 0 Å². The number of nitrogens with zero attached hydrogens (tertiary/aromatic N) is 1. The highest BCUT2D eigenvalue weighted by Gasteiger charge is 2.10. The highest BCUT2D eigenvalue weighted by molar-refractivity contribution is 5.71. The first-order valence-electron chi connectivity index (χ1n) is 5.72. The van der Waals surface area contributed by atoms with E-state index in [1.807, 2.05) is 12.2 Å². The summed E-state index contributed by atoms with van der Waals surface area (Å²) in [6.45, 7) is 8.59. The zero-order chi connectivity index (χ0) is 12.3. The van der Waals surface area contributed by atoms with Gasteiger partial charge in [-0.25, -0.2) is 0 Å². The van der Waals surface area contributed by atoms with Gasteiger partial charge in [-0.1, -0.05) is 55.7 Å². The summed E-state index contributed by atoms with van der Waals surface area (Å²) >= 11 is 0. The fraction of sp³-hybridized carbons (Fsp3) is 0.125. The maximum atomic E-state index is 3.88. The molecular formula is C16H17N. The second-order valence-electron chi connectivity index (χ2n) is 4.14. The van der Waals surface area contributed by atoms with Crippen LogP contribution in [0.4, 0.5) is 5.69 Å². The summed E-state index contributed by atoms with van der Waals surface area (Å²) in [4.78, 5) is 2.24. The third kappa shape index (κ3) is 2.23. The molecule has 0 bridgehead atoms. The maximum absolute atomic E-state index is 3.88. The van der Waals surface area contributed by atoms with E-state index < -0.39 is 0 Å². The monoisotopic (exact) mass is 223 g/mol. The van der Waals surface area contributed by atoms with Crippen molar-refractivity contribution in [3.05, 3.63) is 72.4 Å². The molecule has 17 heavy (non-hydrogen) atoms. The van der Waals surface area contributed by atoms with Gasteiger partial charge in [-0.2, -0.15) is 0 Å². The number of rotatable bonds is 2. The van der Waals surface area contributed by atoms with Crippen molar-refractivity contribution >= 4 is 11.8 Å². The summed E-state index contributed by atoms with van der Waals surface area (Å²) in [5, 5.41) is 0. The average Bonchev–Trinajstić information content (AvgIpc) is 2.36. The molecule has 0 aromatic heterocycles. The van der Waals surface area contributed by atoms with E-state index in [1.54, 1.807) is 0 Å². The number of fused-ring (bicyclic) bond motifs is 1. The lowest BCUT2D eigenvalue weighted by molar-refractivity contribution is 0.993. The summed E-state index contributed by atoms with van der Waals surface area (Å²) in [7, 11) is 2.10. The van der Waals surface area contributed by atoms with Crippen molar-refractivity contribution in [1.29, 1.82) is 0 Å². The lowest BCUT2D eigenvalue weighted by Crippen LogP contribution is -2.21. The van der Waals surface area contributed by atoms with Gasteiger partial charge in [0.05, 0.1) is 0 Å². The zero-order valence-electron chi connectivity index (χ0n) is 10.2. The molecule has 0 saturated carbocycles. The Morgan fingerprint density at radius 2 is 1.88 bits per heavy atom. The first-order valence-corrected chi connectivity index (χ1v) is 5.72. The van der Waals surface area contributed by atoms with Crippen LogP contribution >= 0.6 is 0 Å². The number of benzene rings is 1. The van der Waals surface area contributed by atoms with Crippen molar-refractivity contribution in [2.75, 3.05) is 18.5 Å². The molecule has 2 rings (SSSR count). The van der Waals surface area contributed by atoms with Gasteiger partial charge in [0, 0.05) is 19.3 Å². The van der Waals surface area contributed by atoms with Crippen LogP contribution in [0, 0.1) is 0 Å². The summed E-state index contributed by atoms with van der Waals surface area (Å²) in [5.41, 5.74) is 4.82. The van der Waals surface area contributed by atoms with Crippen molar-refractivity contribution in [3.8, 4) is 0 Å². The molecule has 1 aromatic rings. The molecule has 1 aliphatic heterocycles. The lowest BCUT2D eigenvalue weighted by Gasteiger charge is -2.24. The first-order chi connectivity index (χ1) is 8.26. The molecule has 0 atom stereocenters. The molecule has 0 radical (unpaired) electrons. The van der Waals surface area contributed by atoms with Gasteiger partial charge < -0.3 is 4.90 Å². The Bertz CT molecular complexity index is 506. The first kappa shape index (κ1) is 11.5. The minimum atomic E-state index is 0.853. The second-order valence-corrected chi connectivity index (χ2v) is 4.14. The maximum Gasteiger partial charge on any atom is 0.0440 e. The van der Waals surface area contributed by atoms with Gasteiger partial charge in [-0.15, -0.1) is 0 Å².